The number of amides is 1. The molecule has 0 spiro atoms. The smallest absolute Gasteiger partial charge is 0.253 e. The number of carbonyl (C=O) groups excluding carboxylic acids is 1. The van der Waals surface area contributed by atoms with E-state index in [4.69, 9.17) is 11.6 Å². The third kappa shape index (κ3) is 4.76. The lowest BCUT2D eigenvalue weighted by molar-refractivity contribution is 0.0495. The first-order valence-corrected chi connectivity index (χ1v) is 10.5. The van der Waals surface area contributed by atoms with Gasteiger partial charge in [-0.2, -0.15) is 0 Å². The van der Waals surface area contributed by atoms with Crippen molar-refractivity contribution >= 4 is 23.2 Å². The fourth-order valence-corrected chi connectivity index (χ4v) is 4.86. The fraction of sp³-hybridized carbons (Fsp3) is 0.667. The minimum Gasteiger partial charge on any atom is -0.396 e. The highest BCUT2D eigenvalue weighted by Crippen LogP contribution is 2.31. The Balaban J connectivity index is 1.70. The summed E-state index contributed by atoms with van der Waals surface area (Å²) in [6, 6.07) is 6.21. The van der Waals surface area contributed by atoms with Gasteiger partial charge in [-0.15, -0.1) is 0 Å². The maximum Gasteiger partial charge on any atom is 0.253 e. The molecule has 2 aliphatic rings. The Morgan fingerprint density at radius 2 is 2.00 bits per heavy atom. The van der Waals surface area contributed by atoms with Crippen LogP contribution in [0.5, 0.6) is 0 Å². The topological polar surface area (TPSA) is 47.0 Å². The predicted molar refractivity (Wildman–Crippen MR) is 111 cm³/mol. The van der Waals surface area contributed by atoms with E-state index in [-0.39, 0.29) is 12.5 Å². The van der Waals surface area contributed by atoms with E-state index in [2.05, 4.69) is 23.9 Å². The highest BCUT2D eigenvalue weighted by Gasteiger charge is 2.32. The van der Waals surface area contributed by atoms with Gasteiger partial charge in [0.15, 0.2) is 0 Å². The average molecular weight is 394 g/mol. The van der Waals surface area contributed by atoms with E-state index < -0.39 is 0 Å². The normalized spacial score (nSPS) is 23.3. The molecule has 2 aliphatic heterocycles. The number of halogens is 1. The Bertz CT molecular complexity index is 646. The minimum absolute atomic E-state index is 0.0658. The third-order valence-corrected chi connectivity index (χ3v) is 6.32. The molecule has 0 aromatic heterocycles. The van der Waals surface area contributed by atoms with E-state index in [9.17, 15) is 9.90 Å². The van der Waals surface area contributed by atoms with Crippen molar-refractivity contribution in [1.29, 1.82) is 0 Å². The van der Waals surface area contributed by atoms with Crippen molar-refractivity contribution in [3.8, 4) is 0 Å². The SMILES string of the molecule is CN(C)[C@@H]1CCN(C(=O)c2ccc(N3CCCC3)c(Cl)c2)C[C@@H]1CCCO. The second-order valence-corrected chi connectivity index (χ2v) is 8.46. The van der Waals surface area contributed by atoms with Gasteiger partial charge in [-0.1, -0.05) is 11.6 Å². The molecule has 0 aliphatic carbocycles. The lowest BCUT2D eigenvalue weighted by atomic mass is 9.87. The van der Waals surface area contributed by atoms with Gasteiger partial charge >= 0.3 is 0 Å². The number of hydrogen-bond donors (Lipinski definition) is 1. The summed E-state index contributed by atoms with van der Waals surface area (Å²) in [5, 5.41) is 9.88. The molecule has 150 valence electrons. The van der Waals surface area contributed by atoms with Crippen LogP contribution in [-0.2, 0) is 0 Å². The molecule has 2 heterocycles. The minimum atomic E-state index is 0.0658. The number of carbonyl (C=O) groups is 1. The van der Waals surface area contributed by atoms with Crippen molar-refractivity contribution < 1.29 is 9.90 Å². The van der Waals surface area contributed by atoms with Crippen LogP contribution in [0, 0.1) is 5.92 Å². The first-order chi connectivity index (χ1) is 13.0. The molecule has 0 unspecified atom stereocenters. The van der Waals surface area contributed by atoms with Crippen LogP contribution in [0.25, 0.3) is 0 Å². The molecule has 1 aromatic rings. The van der Waals surface area contributed by atoms with Crippen LogP contribution >= 0.6 is 11.6 Å². The average Bonchev–Trinajstić information content (AvgIpc) is 3.19. The summed E-state index contributed by atoms with van der Waals surface area (Å²) in [7, 11) is 4.20. The number of likely N-dealkylation sites (tertiary alicyclic amines) is 1. The molecule has 1 N–H and O–H groups in total. The Hall–Kier alpha value is -1.30. The molecule has 0 radical (unpaired) electrons. The Morgan fingerprint density at radius 1 is 1.26 bits per heavy atom. The van der Waals surface area contributed by atoms with Crippen LogP contribution in [0.4, 0.5) is 5.69 Å². The maximum atomic E-state index is 13.1. The van der Waals surface area contributed by atoms with Gasteiger partial charge in [-0.05, 0) is 70.3 Å². The molecule has 0 saturated carbocycles. The standard InChI is InChI=1S/C21H32ClN3O2/c1-23(2)19-9-12-25(15-17(19)6-5-13-26)21(27)16-7-8-20(18(22)14-16)24-10-3-4-11-24/h7-8,14,17,19,26H,3-6,9-13,15H2,1-2H3/t17-,19+/m0/s1. The van der Waals surface area contributed by atoms with Crippen LogP contribution in [0.1, 0.15) is 42.5 Å². The van der Waals surface area contributed by atoms with Crippen molar-refractivity contribution in [3.63, 3.8) is 0 Å². The second-order valence-electron chi connectivity index (χ2n) is 8.06. The number of piperidine rings is 1. The van der Waals surface area contributed by atoms with Crippen molar-refractivity contribution in [2.75, 3.05) is 51.8 Å². The van der Waals surface area contributed by atoms with Gasteiger partial charge in [0.1, 0.15) is 0 Å². The Morgan fingerprint density at radius 3 is 2.63 bits per heavy atom. The lowest BCUT2D eigenvalue weighted by Gasteiger charge is -2.41. The number of benzene rings is 1. The zero-order valence-corrected chi connectivity index (χ0v) is 17.3. The van der Waals surface area contributed by atoms with Crippen LogP contribution < -0.4 is 4.90 Å². The molecule has 2 fully saturated rings. The molecule has 5 nitrogen and oxygen atoms in total. The van der Waals surface area contributed by atoms with Crippen LogP contribution in [0.15, 0.2) is 18.2 Å². The first-order valence-electron chi connectivity index (χ1n) is 10.1. The van der Waals surface area contributed by atoms with E-state index >= 15 is 0 Å². The highest BCUT2D eigenvalue weighted by molar-refractivity contribution is 6.33. The first kappa shape index (κ1) is 20.4. The van der Waals surface area contributed by atoms with Crippen LogP contribution in [-0.4, -0.2) is 73.7 Å². The summed E-state index contributed by atoms with van der Waals surface area (Å²) in [5.41, 5.74) is 1.71. The third-order valence-electron chi connectivity index (χ3n) is 6.02. The van der Waals surface area contributed by atoms with Crippen LogP contribution in [0.2, 0.25) is 5.02 Å². The quantitative estimate of drug-likeness (QED) is 0.806. The van der Waals surface area contributed by atoms with Gasteiger partial charge in [0.25, 0.3) is 5.91 Å². The van der Waals surface area contributed by atoms with Gasteiger partial charge in [0, 0.05) is 44.4 Å². The van der Waals surface area contributed by atoms with Crippen molar-refractivity contribution in [3.05, 3.63) is 28.8 Å². The van der Waals surface area contributed by atoms with Crippen LogP contribution in [0.3, 0.4) is 0 Å². The number of aliphatic hydroxyl groups is 1. The number of aliphatic hydroxyl groups excluding tert-OH is 1. The molecule has 1 aromatic carbocycles. The molecule has 2 atom stereocenters. The van der Waals surface area contributed by atoms with Gasteiger partial charge in [0.05, 0.1) is 10.7 Å². The number of rotatable bonds is 6. The molecule has 3 rings (SSSR count). The van der Waals surface area contributed by atoms with Crippen molar-refractivity contribution in [2.45, 2.75) is 38.1 Å². The Labute approximate surface area is 167 Å². The molecule has 2 saturated heterocycles. The predicted octanol–water partition coefficient (Wildman–Crippen LogP) is 3.11. The van der Waals surface area contributed by atoms with E-state index in [1.807, 2.05) is 23.1 Å². The van der Waals surface area contributed by atoms with Gasteiger partial charge in [0.2, 0.25) is 0 Å². The summed E-state index contributed by atoms with van der Waals surface area (Å²) < 4.78 is 0. The fourth-order valence-electron chi connectivity index (χ4n) is 4.56. The Kier molecular flexibility index (Phi) is 7.01. The highest BCUT2D eigenvalue weighted by atomic mass is 35.5. The lowest BCUT2D eigenvalue weighted by Crippen LogP contribution is -2.50. The zero-order valence-electron chi connectivity index (χ0n) is 16.5. The largest absolute Gasteiger partial charge is 0.396 e. The summed E-state index contributed by atoms with van der Waals surface area (Å²) in [5.74, 6) is 0.459. The molecule has 0 bridgehead atoms. The monoisotopic (exact) mass is 393 g/mol. The number of nitrogens with zero attached hydrogens (tertiary/aromatic N) is 3. The molecule has 6 heteroatoms. The van der Waals surface area contributed by atoms with Crippen molar-refractivity contribution in [1.82, 2.24) is 9.80 Å². The van der Waals surface area contributed by atoms with E-state index in [1.165, 1.54) is 12.8 Å². The van der Waals surface area contributed by atoms with Crippen molar-refractivity contribution in [2.24, 2.45) is 5.92 Å². The van der Waals surface area contributed by atoms with E-state index in [0.29, 0.717) is 22.5 Å². The summed E-state index contributed by atoms with van der Waals surface area (Å²) in [4.78, 5) is 19.6. The number of anilines is 1. The zero-order chi connectivity index (χ0) is 19.4. The van der Waals surface area contributed by atoms with Gasteiger partial charge in [-0.25, -0.2) is 0 Å². The summed E-state index contributed by atoms with van der Waals surface area (Å²) in [6.45, 7) is 3.79. The van der Waals surface area contributed by atoms with E-state index in [1.54, 1.807) is 0 Å². The van der Waals surface area contributed by atoms with Gasteiger partial charge < -0.3 is 19.8 Å². The van der Waals surface area contributed by atoms with Gasteiger partial charge in [-0.3, -0.25) is 4.79 Å². The molecule has 27 heavy (non-hydrogen) atoms. The number of hydrogen-bond acceptors (Lipinski definition) is 4. The molecule has 1 amide bonds. The molecular formula is C21H32ClN3O2. The summed E-state index contributed by atoms with van der Waals surface area (Å²) in [6.07, 6.45) is 5.10. The maximum absolute atomic E-state index is 13.1. The summed E-state index contributed by atoms with van der Waals surface area (Å²) >= 11 is 6.51. The molecular weight excluding hydrogens is 362 g/mol. The van der Waals surface area contributed by atoms with E-state index in [0.717, 1.165) is 51.1 Å². The second kappa shape index (κ2) is 9.26.